The van der Waals surface area contributed by atoms with Crippen LogP contribution in [0.15, 0.2) is 0 Å². The molecular weight excluding hydrogens is 1830 g/mol. The number of carbonyl (C=O) groups is 4. The lowest BCUT2D eigenvalue weighted by atomic mass is 9.85. The summed E-state index contributed by atoms with van der Waals surface area (Å²) in [5.74, 6) is -7.34. The Morgan fingerprint density at radius 1 is 0.344 bits per heavy atom. The van der Waals surface area contributed by atoms with E-state index < -0.39 is 330 Å². The molecule has 128 heavy (non-hydrogen) atoms. The first-order chi connectivity index (χ1) is 59.7. The van der Waals surface area contributed by atoms with E-state index in [1.807, 2.05) is 13.8 Å². The van der Waals surface area contributed by atoms with E-state index in [4.69, 9.17) is 111 Å². The van der Waals surface area contributed by atoms with E-state index in [0.717, 1.165) is 21.3 Å². The van der Waals surface area contributed by atoms with Crippen molar-refractivity contribution in [3.8, 4) is 0 Å². The van der Waals surface area contributed by atoms with Crippen LogP contribution < -0.4 is 21.3 Å². The normalized spacial score (nSPS) is 38.6. The van der Waals surface area contributed by atoms with E-state index in [2.05, 4.69) is 21.3 Å². The summed E-state index contributed by atoms with van der Waals surface area (Å²) < 4.78 is 322. The molecule has 8 aliphatic rings. The monoisotopic (exact) mass is 1960 g/mol. The van der Waals surface area contributed by atoms with Crippen molar-refractivity contribution in [1.82, 2.24) is 21.3 Å². The van der Waals surface area contributed by atoms with Gasteiger partial charge in [-0.1, -0.05) is 83.1 Å². The Morgan fingerprint density at radius 3 is 0.922 bits per heavy atom. The highest BCUT2D eigenvalue weighted by Gasteiger charge is 2.60. The maximum Gasteiger partial charge on any atom is 0.397 e. The van der Waals surface area contributed by atoms with Gasteiger partial charge in [0.1, 0.15) is 67.1 Å². The molecule has 0 spiro atoms. The maximum atomic E-state index is 14.2. The quantitative estimate of drug-likeness (QED) is 0.0286. The third-order valence-corrected chi connectivity index (χ3v) is 25.0. The fourth-order valence-electron chi connectivity index (χ4n) is 16.9. The Bertz CT molecular complexity index is 4130. The van der Waals surface area contributed by atoms with Gasteiger partial charge in [0.15, 0.2) is 62.3 Å². The molecule has 0 aromatic rings. The van der Waals surface area contributed by atoms with Gasteiger partial charge >= 0.3 is 52.0 Å². The number of methoxy groups -OCH3 is 4. The number of amides is 4. The molecule has 12 N–H and O–H groups in total. The van der Waals surface area contributed by atoms with Crippen LogP contribution in [-0.2, 0) is 182 Å². The molecule has 0 aromatic carbocycles. The van der Waals surface area contributed by atoms with Gasteiger partial charge in [0.25, 0.3) is 0 Å². The summed E-state index contributed by atoms with van der Waals surface area (Å²) in [7, 11) is -22.9. The first-order valence-corrected chi connectivity index (χ1v) is 48.5. The molecule has 0 radical (unpaired) electrons. The summed E-state index contributed by atoms with van der Waals surface area (Å²) in [4.78, 5) is 55.1. The highest BCUT2D eigenvalue weighted by atomic mass is 32.3. The van der Waals surface area contributed by atoms with Crippen LogP contribution in [0.2, 0.25) is 0 Å². The summed E-state index contributed by atoms with van der Waals surface area (Å²) in [6.07, 6.45) is -44.0. The molecule has 8 heterocycles. The van der Waals surface area contributed by atoms with E-state index in [1.165, 1.54) is 21.0 Å². The van der Waals surface area contributed by atoms with Crippen molar-refractivity contribution in [2.75, 3.05) is 81.3 Å². The third-order valence-electron chi connectivity index (χ3n) is 22.7. The van der Waals surface area contributed by atoms with Crippen molar-refractivity contribution in [2.45, 2.75) is 312 Å². The predicted molar refractivity (Wildman–Crippen MR) is 428 cm³/mol. The minimum atomic E-state index is -5.67. The van der Waals surface area contributed by atoms with E-state index >= 15 is 0 Å². The number of aliphatic hydroxyl groups excluding tert-OH is 3. The fraction of sp³-hybridized carbons (Fsp3) is 0.945. The van der Waals surface area contributed by atoms with Crippen molar-refractivity contribution < 1.29 is 210 Å². The fourth-order valence-corrected chi connectivity index (χ4v) is 19.0. The van der Waals surface area contributed by atoms with E-state index in [9.17, 15) is 99.4 Å². The highest BCUT2D eigenvalue weighted by Crippen LogP contribution is 2.43. The van der Waals surface area contributed by atoms with Gasteiger partial charge in [0.2, 0.25) is 23.6 Å². The Balaban J connectivity index is 1.07. The van der Waals surface area contributed by atoms with Crippen molar-refractivity contribution in [2.24, 2.45) is 47.3 Å². The van der Waals surface area contributed by atoms with Gasteiger partial charge in [-0.15, -0.1) is 0 Å². The summed E-state index contributed by atoms with van der Waals surface area (Å²) in [5.41, 5.74) is 0. The van der Waals surface area contributed by atoms with Crippen LogP contribution in [0.3, 0.4) is 0 Å². The van der Waals surface area contributed by atoms with Crippen LogP contribution >= 0.6 is 0 Å². The van der Waals surface area contributed by atoms with Crippen LogP contribution in [0.5, 0.6) is 0 Å². The van der Waals surface area contributed by atoms with Gasteiger partial charge in [-0.2, -0.15) is 42.1 Å². The molecule has 55 heteroatoms. The minimum absolute atomic E-state index is 0.0241. The van der Waals surface area contributed by atoms with Gasteiger partial charge < -0.3 is 127 Å². The zero-order chi connectivity index (χ0) is 95.3. The lowest BCUT2D eigenvalue weighted by molar-refractivity contribution is -0.363. The van der Waals surface area contributed by atoms with Crippen LogP contribution in [0.25, 0.3) is 0 Å². The summed E-state index contributed by atoms with van der Waals surface area (Å²) in [6, 6.07) is -5.01. The van der Waals surface area contributed by atoms with Crippen LogP contribution in [-0.4, -0.2) is 375 Å². The molecule has 746 valence electrons. The van der Waals surface area contributed by atoms with Gasteiger partial charge in [0.05, 0.1) is 114 Å². The van der Waals surface area contributed by atoms with Crippen molar-refractivity contribution >= 4 is 75.6 Å². The number of rotatable bonds is 44. The zero-order valence-electron chi connectivity index (χ0n) is 73.8. The Kier molecular flexibility index (Phi) is 41.0. The molecule has 8 saturated heterocycles. The molecule has 11 unspecified atom stereocenters. The first-order valence-electron chi connectivity index (χ1n) is 41.7. The van der Waals surface area contributed by atoms with Crippen LogP contribution in [0.4, 0.5) is 0 Å². The standard InChI is InChI=1S/C73H128N4O46S5/c1-31(2)18-49(81)74-54-35(9)58(42(23-78)110-39(54)13)118-71-65(121-126(91,92)93)62(101-15)44(26-105-71)112-68-55(75-50(82)19-32(3)4)36(10)59(43(24-79)111-68)119-72-66(122-127(94,95)96)63(102-16)45(27-106-72)114-70-57(77-52(84)21-34(7)8)38(12)61(48(116-70)30-109-125(88,89)90)120-73-67(123-128(97,98)99)64(103-17)46(28-107-73)113-69-56(76-51(83)20-33(5)6)37(11)60(47(115-69)29-108-124(85,86)87)117-53-22-41(100-14)40(80)25-104-53/h31-48,53-73,78-80H,18-30H2,1-17H3,(H,74,81)(H,75,82)(H,76,83)(H,77,84)(H,85,86,87)(H,88,89,90)(H,91,92,93)(H,94,95,96)(H,97,98,99)/t35-,36-,37-,38-,39+,40-,41+,42?,43?,44+,45+,46+,47?,48?,53+,54?,55?,56?,57?,58+,59+,60+,61+,62-,63-,64-,65?,66?,67?,68+,69-,70-,71+,72+,73+/m1/s1. The van der Waals surface area contributed by atoms with Gasteiger partial charge in [-0.25, -0.2) is 20.9 Å². The third kappa shape index (κ3) is 31.4. The molecule has 8 fully saturated rings. The smallest absolute Gasteiger partial charge is 0.394 e. The molecule has 8 aliphatic heterocycles. The van der Waals surface area contributed by atoms with Gasteiger partial charge in [-0.3, -0.25) is 41.9 Å². The number of carbonyl (C=O) groups excluding carboxylic acids is 4. The van der Waals surface area contributed by atoms with Gasteiger partial charge in [0, 0.05) is 84.2 Å². The largest absolute Gasteiger partial charge is 0.397 e. The zero-order valence-corrected chi connectivity index (χ0v) is 77.9. The lowest BCUT2D eigenvalue weighted by Crippen LogP contribution is -2.67. The van der Waals surface area contributed by atoms with E-state index in [-0.39, 0.29) is 68.3 Å². The van der Waals surface area contributed by atoms with Crippen molar-refractivity contribution in [3.05, 3.63) is 0 Å². The molecule has 4 amide bonds. The number of hydrogen-bond donors (Lipinski definition) is 12. The average Bonchev–Trinajstić information content (AvgIpc) is 0.771. The SMILES string of the molecule is CO[C@H]1C[C@H](O[C@@H]2C(COS(=O)(=O)O)O[C@@H](O[C@H]3CO[C@@H](O[C@@H]4C(COS(=O)(=O)O)O[C@@H](O[C@H]5CO[C@@H](O[C@@H]6C(CO)O[C@@H](O[C@H]7CO[C@@H](O[C@@H]8C(CO)O[C@@H](C)C(NC(=O)CC(C)C)[C@H]8C)C(OS(=O)(=O)O)[C@@H]7OC)C(NC(=O)CC(C)C)[C@H]6C)C(OS(=O)(=O)O)[C@@H]5OC)C(NC(=O)CC(C)C)[C@H]4C)C(OS(=O)(=O)O)[C@@H]3OC)C(NC(=O)CC(C)C)[C@H]2C)OC[C@H]1O. The molecule has 0 aliphatic carbocycles. The van der Waals surface area contributed by atoms with Crippen LogP contribution in [0, 0.1) is 47.3 Å². The molecule has 50 nitrogen and oxygen atoms in total. The van der Waals surface area contributed by atoms with Crippen molar-refractivity contribution in [1.29, 1.82) is 0 Å². The lowest BCUT2D eigenvalue weighted by Gasteiger charge is -2.51. The molecule has 8 rings (SSSR count). The number of aliphatic hydroxyl groups is 3. The molecule has 0 aromatic heterocycles. The Morgan fingerprint density at radius 2 is 0.633 bits per heavy atom. The summed E-state index contributed by atoms with van der Waals surface area (Å²) in [6.45, 7) is 15.5. The second-order valence-electron chi connectivity index (χ2n) is 34.4. The second-order valence-corrected chi connectivity index (χ2v) is 39.8. The first kappa shape index (κ1) is 110. The molecular formula is C73H128N4O46S5. The number of nitrogens with one attached hydrogen (secondary N) is 4. The predicted octanol–water partition coefficient (Wildman–Crippen LogP) is -2.26. The molecule has 0 saturated carbocycles. The number of hydrogen-bond acceptors (Lipinski definition) is 41. The summed E-state index contributed by atoms with van der Waals surface area (Å²) >= 11 is 0. The summed E-state index contributed by atoms with van der Waals surface area (Å²) in [5, 5.41) is 43.7. The minimum Gasteiger partial charge on any atom is -0.394 e. The maximum absolute atomic E-state index is 14.2. The average molecular weight is 1960 g/mol. The second kappa shape index (κ2) is 47.9. The van der Waals surface area contributed by atoms with Crippen molar-refractivity contribution in [3.63, 3.8) is 0 Å². The Hall–Kier alpha value is -3.65. The highest BCUT2D eigenvalue weighted by molar-refractivity contribution is 7.81. The van der Waals surface area contributed by atoms with Crippen LogP contribution in [0.1, 0.15) is 122 Å². The van der Waals surface area contributed by atoms with E-state index in [1.54, 1.807) is 62.3 Å². The molecule has 0 bridgehead atoms. The molecule has 35 atom stereocenters. The van der Waals surface area contributed by atoms with Gasteiger partial charge in [-0.05, 0) is 30.6 Å². The van der Waals surface area contributed by atoms with E-state index in [0.29, 0.717) is 0 Å². The topological polar surface area (TPSA) is 670 Å². The number of ether oxygens (including phenoxy) is 19. The Labute approximate surface area is 744 Å².